The number of nitrogens with one attached hydrogen (secondary N) is 1. The summed E-state index contributed by atoms with van der Waals surface area (Å²) in [5, 5.41) is 0.278. The predicted molar refractivity (Wildman–Crippen MR) is 69.1 cm³/mol. The molecule has 2 aromatic rings. The van der Waals surface area contributed by atoms with Gasteiger partial charge in [0, 0.05) is 15.4 Å². The lowest BCUT2D eigenvalue weighted by molar-refractivity contribution is -0.0884. The Morgan fingerprint density at radius 2 is 2.00 bits per heavy atom. The molecule has 0 fully saturated rings. The summed E-state index contributed by atoms with van der Waals surface area (Å²) in [7, 11) is 0. The van der Waals surface area contributed by atoms with Crippen molar-refractivity contribution in [3.05, 3.63) is 31.9 Å². The quantitative estimate of drug-likeness (QED) is 0.545. The van der Waals surface area contributed by atoms with Gasteiger partial charge in [0.25, 0.3) is 5.78 Å². The van der Waals surface area contributed by atoms with Crippen molar-refractivity contribution in [2.45, 2.75) is 6.18 Å². The molecule has 2 rings (SSSR count). The minimum atomic E-state index is -4.86. The third-order valence-corrected chi connectivity index (χ3v) is 3.50. The van der Waals surface area contributed by atoms with E-state index < -0.39 is 12.0 Å². The molecule has 0 spiro atoms. The highest BCUT2D eigenvalue weighted by Crippen LogP contribution is 2.31. The van der Waals surface area contributed by atoms with Crippen LogP contribution in [0.15, 0.2) is 22.7 Å². The van der Waals surface area contributed by atoms with Crippen molar-refractivity contribution < 1.29 is 18.0 Å². The Balaban J connectivity index is 2.70. The van der Waals surface area contributed by atoms with E-state index in [1.807, 2.05) is 0 Å². The van der Waals surface area contributed by atoms with Crippen LogP contribution >= 0.6 is 38.5 Å². The maximum Gasteiger partial charge on any atom is 0.454 e. The number of aromatic amines is 1. The van der Waals surface area contributed by atoms with Crippen LogP contribution in [0.5, 0.6) is 0 Å². The van der Waals surface area contributed by atoms with Gasteiger partial charge in [-0.2, -0.15) is 13.2 Å². The Hall–Kier alpha value is -0.570. The second-order valence-corrected chi connectivity index (χ2v) is 5.33. The molecule has 1 N–H and O–H groups in total. The summed E-state index contributed by atoms with van der Waals surface area (Å²) in [6.07, 6.45) is -4.86. The topological polar surface area (TPSA) is 32.9 Å². The highest BCUT2D eigenvalue weighted by molar-refractivity contribution is 14.1. The smallest absolute Gasteiger partial charge is 0.349 e. The Labute approximate surface area is 116 Å². The number of aromatic nitrogens is 1. The number of ketones is 1. The molecular formula is C10H4BrF3INO. The van der Waals surface area contributed by atoms with Crippen molar-refractivity contribution >= 4 is 55.2 Å². The number of hydrogen-bond donors (Lipinski definition) is 1. The van der Waals surface area contributed by atoms with Gasteiger partial charge in [-0.3, -0.25) is 4.79 Å². The molecule has 2 nitrogen and oxygen atoms in total. The number of rotatable bonds is 1. The van der Waals surface area contributed by atoms with Crippen molar-refractivity contribution in [1.29, 1.82) is 0 Å². The summed E-state index contributed by atoms with van der Waals surface area (Å²) < 4.78 is 38.2. The van der Waals surface area contributed by atoms with Crippen LogP contribution in [0.3, 0.4) is 0 Å². The van der Waals surface area contributed by atoms with Crippen LogP contribution in [-0.4, -0.2) is 16.9 Å². The number of fused-ring (bicyclic) bond motifs is 1. The Kier molecular flexibility index (Phi) is 3.23. The molecule has 17 heavy (non-hydrogen) atoms. The minimum absolute atomic E-state index is 0.193. The van der Waals surface area contributed by atoms with Gasteiger partial charge in [-0.15, -0.1) is 0 Å². The van der Waals surface area contributed by atoms with E-state index in [4.69, 9.17) is 0 Å². The van der Waals surface area contributed by atoms with Gasteiger partial charge >= 0.3 is 6.18 Å². The van der Waals surface area contributed by atoms with E-state index in [0.29, 0.717) is 5.52 Å². The maximum atomic E-state index is 12.4. The van der Waals surface area contributed by atoms with E-state index in [1.165, 1.54) is 6.07 Å². The molecule has 0 aliphatic carbocycles. The van der Waals surface area contributed by atoms with Crippen molar-refractivity contribution in [3.63, 3.8) is 0 Å². The van der Waals surface area contributed by atoms with Gasteiger partial charge in [0.2, 0.25) is 0 Å². The van der Waals surface area contributed by atoms with E-state index >= 15 is 0 Å². The van der Waals surface area contributed by atoms with E-state index in [-0.39, 0.29) is 14.7 Å². The summed E-state index contributed by atoms with van der Waals surface area (Å²) in [6, 6.07) is 4.71. The maximum absolute atomic E-state index is 12.4. The number of H-pyrrole nitrogens is 1. The summed E-state index contributed by atoms with van der Waals surface area (Å²) in [5.74, 6) is -1.82. The first-order valence-corrected chi connectivity index (χ1v) is 6.26. The molecule has 1 aromatic carbocycles. The van der Waals surface area contributed by atoms with Gasteiger partial charge in [-0.1, -0.05) is 22.0 Å². The van der Waals surface area contributed by atoms with E-state index in [9.17, 15) is 18.0 Å². The fourth-order valence-corrected chi connectivity index (χ4v) is 2.69. The first-order chi connectivity index (χ1) is 7.80. The standard InChI is InChI=1S/C10H4BrF3INO/c11-4-1-2-5-6(3-4)16-9(15)7(5)8(17)10(12,13)14/h1-3,16H. The lowest BCUT2D eigenvalue weighted by Gasteiger charge is -2.04. The lowest BCUT2D eigenvalue weighted by Crippen LogP contribution is -2.23. The minimum Gasteiger partial charge on any atom is -0.349 e. The van der Waals surface area contributed by atoms with E-state index in [0.717, 1.165) is 4.47 Å². The van der Waals surface area contributed by atoms with Gasteiger partial charge in [0.15, 0.2) is 0 Å². The molecule has 0 bridgehead atoms. The van der Waals surface area contributed by atoms with Gasteiger partial charge in [0.05, 0.1) is 9.26 Å². The van der Waals surface area contributed by atoms with Gasteiger partial charge in [-0.05, 0) is 34.7 Å². The summed E-state index contributed by atoms with van der Waals surface area (Å²) in [4.78, 5) is 14.0. The molecule has 90 valence electrons. The normalized spacial score (nSPS) is 12.1. The van der Waals surface area contributed by atoms with Crippen LogP contribution in [-0.2, 0) is 0 Å². The Morgan fingerprint density at radius 1 is 1.35 bits per heavy atom. The molecule has 1 heterocycles. The Morgan fingerprint density at radius 3 is 2.59 bits per heavy atom. The number of carbonyl (C=O) groups is 1. The summed E-state index contributed by atoms with van der Waals surface area (Å²) in [6.45, 7) is 0. The molecule has 0 aliphatic heterocycles. The first-order valence-electron chi connectivity index (χ1n) is 4.39. The average molecular weight is 418 g/mol. The fourth-order valence-electron chi connectivity index (χ4n) is 1.50. The third-order valence-electron chi connectivity index (χ3n) is 2.20. The fraction of sp³-hybridized carbons (Fsp3) is 0.100. The molecule has 7 heteroatoms. The summed E-state index contributed by atoms with van der Waals surface area (Å²) in [5.41, 5.74) is 0.178. The largest absolute Gasteiger partial charge is 0.454 e. The van der Waals surface area contributed by atoms with Crippen molar-refractivity contribution in [1.82, 2.24) is 4.98 Å². The zero-order valence-corrected chi connectivity index (χ0v) is 11.8. The molecule has 0 aliphatic rings. The molecular weight excluding hydrogens is 414 g/mol. The monoisotopic (exact) mass is 417 g/mol. The molecule has 0 saturated heterocycles. The highest BCUT2D eigenvalue weighted by atomic mass is 127. The number of benzene rings is 1. The Bertz CT molecular complexity index is 605. The highest BCUT2D eigenvalue weighted by Gasteiger charge is 2.41. The number of halogens is 5. The van der Waals surface area contributed by atoms with Crippen LogP contribution in [0.1, 0.15) is 10.4 Å². The van der Waals surface area contributed by atoms with Crippen LogP contribution in [0, 0.1) is 3.70 Å². The zero-order chi connectivity index (χ0) is 12.8. The lowest BCUT2D eigenvalue weighted by atomic mass is 10.1. The first kappa shape index (κ1) is 12.9. The number of carbonyl (C=O) groups excluding carboxylic acids is 1. The average Bonchev–Trinajstić information content (AvgIpc) is 2.50. The summed E-state index contributed by atoms with van der Waals surface area (Å²) >= 11 is 4.90. The zero-order valence-electron chi connectivity index (χ0n) is 8.03. The van der Waals surface area contributed by atoms with Crippen molar-refractivity contribution in [3.8, 4) is 0 Å². The van der Waals surface area contributed by atoms with Crippen LogP contribution < -0.4 is 0 Å². The van der Waals surface area contributed by atoms with E-state index in [2.05, 4.69) is 20.9 Å². The van der Waals surface area contributed by atoms with Crippen LogP contribution in [0.25, 0.3) is 10.9 Å². The van der Waals surface area contributed by atoms with E-state index in [1.54, 1.807) is 34.7 Å². The van der Waals surface area contributed by atoms with Crippen molar-refractivity contribution in [2.75, 3.05) is 0 Å². The van der Waals surface area contributed by atoms with Crippen molar-refractivity contribution in [2.24, 2.45) is 0 Å². The second-order valence-electron chi connectivity index (χ2n) is 3.33. The number of Topliss-reactive ketones (excluding diaryl/α,β-unsaturated/α-hetero) is 1. The molecule has 0 amide bonds. The van der Waals surface area contributed by atoms with Gasteiger partial charge in [0.1, 0.15) is 0 Å². The van der Waals surface area contributed by atoms with Crippen LogP contribution in [0.2, 0.25) is 0 Å². The number of hydrogen-bond acceptors (Lipinski definition) is 1. The SMILES string of the molecule is O=C(c1c(I)[nH]c2cc(Br)ccc12)C(F)(F)F. The second kappa shape index (κ2) is 4.27. The number of alkyl halides is 3. The predicted octanol–water partition coefficient (Wildman–Crippen LogP) is 4.28. The van der Waals surface area contributed by atoms with Gasteiger partial charge in [-0.25, -0.2) is 0 Å². The molecule has 0 unspecified atom stereocenters. The third kappa shape index (κ3) is 2.35. The van der Waals surface area contributed by atoms with Crippen LogP contribution in [0.4, 0.5) is 13.2 Å². The molecule has 0 saturated carbocycles. The molecule has 0 radical (unpaired) electrons. The molecule has 1 aromatic heterocycles. The van der Waals surface area contributed by atoms with Gasteiger partial charge < -0.3 is 4.98 Å². The molecule has 0 atom stereocenters.